The summed E-state index contributed by atoms with van der Waals surface area (Å²) < 4.78 is 12.1. The molecule has 7 heteroatoms. The summed E-state index contributed by atoms with van der Waals surface area (Å²) in [6.45, 7) is 4.51. The Morgan fingerprint density at radius 2 is 1.76 bits per heavy atom. The van der Waals surface area contributed by atoms with Gasteiger partial charge in [0.15, 0.2) is 5.65 Å². The number of fused-ring (bicyclic) bond motifs is 2. The van der Waals surface area contributed by atoms with E-state index in [1.54, 1.807) is 11.7 Å². The Morgan fingerprint density at radius 3 is 2.45 bits per heavy atom. The Labute approximate surface area is 168 Å². The maximum absolute atomic E-state index is 12.8. The van der Waals surface area contributed by atoms with Crippen molar-refractivity contribution in [2.24, 2.45) is 0 Å². The van der Waals surface area contributed by atoms with Gasteiger partial charge in [-0.15, -0.1) is 0 Å². The van der Waals surface area contributed by atoms with Crippen molar-refractivity contribution >= 4 is 34.0 Å². The van der Waals surface area contributed by atoms with E-state index in [9.17, 15) is 4.79 Å². The van der Waals surface area contributed by atoms with E-state index in [4.69, 9.17) is 20.2 Å². The molecular formula is C22H22N4O3. The van der Waals surface area contributed by atoms with Crippen LogP contribution in [0.4, 0.5) is 5.82 Å². The van der Waals surface area contributed by atoms with Gasteiger partial charge < -0.3 is 15.2 Å². The smallest absolute Gasteiger partial charge is 0.344 e. The van der Waals surface area contributed by atoms with Gasteiger partial charge in [0.2, 0.25) is 0 Å². The molecule has 4 aromatic rings. The molecule has 2 aromatic heterocycles. The molecule has 0 atom stereocenters. The SMILES string of the molecule is COCCOC(=O)c1c(N)n(-c2ccc(C)c(C)c2)c2nc3ccccc3nc12. The molecule has 2 N–H and O–H groups in total. The highest BCUT2D eigenvalue weighted by Crippen LogP contribution is 2.32. The van der Waals surface area contributed by atoms with Crippen LogP contribution in [-0.2, 0) is 9.47 Å². The maximum Gasteiger partial charge on any atom is 0.344 e. The lowest BCUT2D eigenvalue weighted by Gasteiger charge is -2.10. The highest BCUT2D eigenvalue weighted by molar-refractivity contribution is 6.09. The van der Waals surface area contributed by atoms with Gasteiger partial charge in [-0.25, -0.2) is 14.8 Å². The number of hydrogen-bond acceptors (Lipinski definition) is 6. The number of esters is 1. The van der Waals surface area contributed by atoms with E-state index >= 15 is 0 Å². The first kappa shape index (κ1) is 18.9. The maximum atomic E-state index is 12.8. The first-order valence-electron chi connectivity index (χ1n) is 9.31. The molecule has 0 radical (unpaired) electrons. The van der Waals surface area contributed by atoms with Crippen molar-refractivity contribution in [2.45, 2.75) is 13.8 Å². The molecule has 0 spiro atoms. The van der Waals surface area contributed by atoms with Crippen molar-refractivity contribution in [2.75, 3.05) is 26.1 Å². The second-order valence-electron chi connectivity index (χ2n) is 6.88. The number of ether oxygens (including phenoxy) is 2. The Balaban J connectivity index is 1.98. The van der Waals surface area contributed by atoms with Crippen LogP contribution in [0.25, 0.3) is 27.9 Å². The van der Waals surface area contributed by atoms with E-state index in [0.29, 0.717) is 23.3 Å². The first-order valence-corrected chi connectivity index (χ1v) is 9.31. The quantitative estimate of drug-likeness (QED) is 0.414. The molecule has 0 unspecified atom stereocenters. The summed E-state index contributed by atoms with van der Waals surface area (Å²) in [5.41, 5.74) is 12.1. The summed E-state index contributed by atoms with van der Waals surface area (Å²) in [7, 11) is 1.55. The van der Waals surface area contributed by atoms with E-state index in [0.717, 1.165) is 16.8 Å². The molecule has 0 aliphatic carbocycles. The number of aromatic nitrogens is 3. The number of carbonyl (C=O) groups is 1. The van der Waals surface area contributed by atoms with Crippen LogP contribution >= 0.6 is 0 Å². The molecule has 0 aliphatic rings. The fourth-order valence-electron chi connectivity index (χ4n) is 3.28. The number of rotatable bonds is 5. The summed E-state index contributed by atoms with van der Waals surface area (Å²) in [5, 5.41) is 0. The van der Waals surface area contributed by atoms with Gasteiger partial charge >= 0.3 is 5.97 Å². The third kappa shape index (κ3) is 3.30. The molecule has 0 saturated carbocycles. The van der Waals surface area contributed by atoms with Gasteiger partial charge in [0, 0.05) is 12.8 Å². The third-order valence-electron chi connectivity index (χ3n) is 4.97. The molecule has 0 fully saturated rings. The Bertz CT molecular complexity index is 1230. The number of methoxy groups -OCH3 is 1. The molecule has 4 rings (SSSR count). The second-order valence-corrected chi connectivity index (χ2v) is 6.88. The number of nitrogens with two attached hydrogens (primary N) is 1. The fraction of sp³-hybridized carbons (Fsp3) is 0.227. The molecule has 29 heavy (non-hydrogen) atoms. The monoisotopic (exact) mass is 390 g/mol. The molecule has 7 nitrogen and oxygen atoms in total. The predicted molar refractivity (Wildman–Crippen MR) is 112 cm³/mol. The molecule has 2 heterocycles. The highest BCUT2D eigenvalue weighted by Gasteiger charge is 2.26. The molecule has 0 bridgehead atoms. The lowest BCUT2D eigenvalue weighted by molar-refractivity contribution is 0.0391. The molecule has 0 aliphatic heterocycles. The Kier molecular flexibility index (Phi) is 4.90. The van der Waals surface area contributed by atoms with Gasteiger partial charge in [-0.1, -0.05) is 18.2 Å². The molecular weight excluding hydrogens is 368 g/mol. The topological polar surface area (TPSA) is 92.3 Å². The minimum atomic E-state index is -0.545. The zero-order valence-electron chi connectivity index (χ0n) is 16.6. The standard InChI is InChI=1S/C22H22N4O3/c1-13-8-9-15(12-14(13)2)26-20(23)18(22(27)29-11-10-28-3)19-21(26)25-17-7-5-4-6-16(17)24-19/h4-9,12H,10-11,23H2,1-3H3. The third-order valence-corrected chi connectivity index (χ3v) is 4.97. The lowest BCUT2D eigenvalue weighted by atomic mass is 10.1. The van der Waals surface area contributed by atoms with E-state index < -0.39 is 5.97 Å². The van der Waals surface area contributed by atoms with Crippen LogP contribution in [-0.4, -0.2) is 40.8 Å². The second kappa shape index (κ2) is 7.52. The average molecular weight is 390 g/mol. The van der Waals surface area contributed by atoms with E-state index in [-0.39, 0.29) is 18.0 Å². The summed E-state index contributed by atoms with van der Waals surface area (Å²) in [5.74, 6) is -0.294. The van der Waals surface area contributed by atoms with Gasteiger partial charge in [-0.3, -0.25) is 4.57 Å². The number of aryl methyl sites for hydroxylation is 2. The van der Waals surface area contributed by atoms with E-state index in [1.807, 2.05) is 56.3 Å². The van der Waals surface area contributed by atoms with Crippen LogP contribution in [0, 0.1) is 13.8 Å². The molecule has 0 saturated heterocycles. The minimum absolute atomic E-state index is 0.131. The Hall–Kier alpha value is -3.45. The van der Waals surface area contributed by atoms with Crippen LogP contribution in [0.2, 0.25) is 0 Å². The van der Waals surface area contributed by atoms with Crippen LogP contribution in [0.1, 0.15) is 21.5 Å². The van der Waals surface area contributed by atoms with Crippen LogP contribution in [0.15, 0.2) is 42.5 Å². The van der Waals surface area contributed by atoms with Gasteiger partial charge in [0.1, 0.15) is 23.5 Å². The average Bonchev–Trinajstić information content (AvgIpc) is 2.99. The van der Waals surface area contributed by atoms with Crippen molar-refractivity contribution in [1.29, 1.82) is 0 Å². The summed E-state index contributed by atoms with van der Waals surface area (Å²) in [4.78, 5) is 22.3. The van der Waals surface area contributed by atoms with Gasteiger partial charge in [0.25, 0.3) is 0 Å². The highest BCUT2D eigenvalue weighted by atomic mass is 16.6. The van der Waals surface area contributed by atoms with Crippen molar-refractivity contribution in [1.82, 2.24) is 14.5 Å². The van der Waals surface area contributed by atoms with Gasteiger partial charge in [-0.05, 0) is 49.2 Å². The van der Waals surface area contributed by atoms with Gasteiger partial charge in [-0.2, -0.15) is 0 Å². The van der Waals surface area contributed by atoms with Crippen molar-refractivity contribution in [3.05, 3.63) is 59.2 Å². The number of nitrogens with zero attached hydrogens (tertiary/aromatic N) is 3. The summed E-state index contributed by atoms with van der Waals surface area (Å²) in [6.07, 6.45) is 0. The summed E-state index contributed by atoms with van der Waals surface area (Å²) >= 11 is 0. The number of benzene rings is 2. The largest absolute Gasteiger partial charge is 0.459 e. The van der Waals surface area contributed by atoms with Crippen molar-refractivity contribution in [3.8, 4) is 5.69 Å². The van der Waals surface area contributed by atoms with Crippen molar-refractivity contribution < 1.29 is 14.3 Å². The number of hydrogen-bond donors (Lipinski definition) is 1. The molecule has 0 amide bonds. The van der Waals surface area contributed by atoms with Crippen LogP contribution in [0.5, 0.6) is 0 Å². The Morgan fingerprint density at radius 1 is 1.03 bits per heavy atom. The number of para-hydroxylation sites is 2. The predicted octanol–water partition coefficient (Wildman–Crippen LogP) is 3.58. The first-order chi connectivity index (χ1) is 14.0. The fourth-order valence-corrected chi connectivity index (χ4v) is 3.28. The summed E-state index contributed by atoms with van der Waals surface area (Å²) in [6, 6.07) is 13.5. The zero-order chi connectivity index (χ0) is 20.5. The van der Waals surface area contributed by atoms with Crippen molar-refractivity contribution in [3.63, 3.8) is 0 Å². The van der Waals surface area contributed by atoms with E-state index in [1.165, 1.54) is 5.56 Å². The normalized spacial score (nSPS) is 11.3. The molecule has 2 aromatic carbocycles. The van der Waals surface area contributed by atoms with Crippen LogP contribution in [0.3, 0.4) is 0 Å². The van der Waals surface area contributed by atoms with Gasteiger partial charge in [0.05, 0.1) is 17.6 Å². The molecule has 148 valence electrons. The number of nitrogen functional groups attached to an aromatic ring is 1. The minimum Gasteiger partial charge on any atom is -0.459 e. The number of anilines is 1. The zero-order valence-corrected chi connectivity index (χ0v) is 16.6. The van der Waals surface area contributed by atoms with E-state index in [2.05, 4.69) is 4.98 Å². The lowest BCUT2D eigenvalue weighted by Crippen LogP contribution is -2.12. The van der Waals surface area contributed by atoms with Crippen LogP contribution < -0.4 is 5.73 Å². The number of carbonyl (C=O) groups excluding carboxylic acids is 1.